The van der Waals surface area contributed by atoms with Crippen molar-refractivity contribution in [2.45, 2.75) is 12.5 Å². The van der Waals surface area contributed by atoms with Gasteiger partial charge in [0.1, 0.15) is 5.76 Å². The topological polar surface area (TPSA) is 39.2 Å². The molecule has 0 spiro atoms. The zero-order valence-electron chi connectivity index (χ0n) is 8.10. The monoisotopic (exact) mass is 187 g/mol. The van der Waals surface area contributed by atoms with Gasteiger partial charge in [-0.25, -0.2) is 0 Å². The minimum Gasteiger partial charge on any atom is -0.467 e. The minimum atomic E-state index is -0.551. The van der Waals surface area contributed by atoms with Crippen LogP contribution in [0.3, 0.4) is 0 Å². The number of hydrogen-bond acceptors (Lipinski definition) is 2. The summed E-state index contributed by atoms with van der Waals surface area (Å²) in [5.74, 6) is 0.781. The molecule has 0 aliphatic carbocycles. The zero-order valence-corrected chi connectivity index (χ0v) is 8.10. The molecule has 0 saturated carbocycles. The average molecular weight is 187 g/mol. The minimum absolute atomic E-state index is 0.551. The van der Waals surface area contributed by atoms with Gasteiger partial charge in [-0.15, -0.1) is 0 Å². The van der Waals surface area contributed by atoms with Crippen LogP contribution in [-0.2, 0) is 5.54 Å². The highest BCUT2D eigenvalue weighted by Gasteiger charge is 2.25. The Bertz CT molecular complexity index is 390. The number of hydrogen-bond donors (Lipinski definition) is 1. The molecule has 1 aromatic heterocycles. The molecule has 2 N–H and O–H groups in total. The highest BCUT2D eigenvalue weighted by atomic mass is 16.3. The van der Waals surface area contributed by atoms with Gasteiger partial charge in [0.15, 0.2) is 0 Å². The second-order valence-corrected chi connectivity index (χ2v) is 3.55. The summed E-state index contributed by atoms with van der Waals surface area (Å²) >= 11 is 0. The van der Waals surface area contributed by atoms with E-state index >= 15 is 0 Å². The van der Waals surface area contributed by atoms with Crippen molar-refractivity contribution < 1.29 is 4.42 Å². The van der Waals surface area contributed by atoms with Crippen molar-refractivity contribution in [3.05, 3.63) is 60.1 Å². The second-order valence-electron chi connectivity index (χ2n) is 3.55. The SMILES string of the molecule is CC(N)(c1ccccc1)c1ccco1. The predicted octanol–water partition coefficient (Wildman–Crippen LogP) is 2.50. The molecule has 1 atom stereocenters. The Labute approximate surface area is 83.4 Å². The molecule has 0 aliphatic rings. The third-order valence-electron chi connectivity index (χ3n) is 2.41. The number of rotatable bonds is 2. The van der Waals surface area contributed by atoms with E-state index in [1.165, 1.54) is 0 Å². The van der Waals surface area contributed by atoms with Gasteiger partial charge < -0.3 is 10.2 Å². The van der Waals surface area contributed by atoms with Crippen LogP contribution in [-0.4, -0.2) is 0 Å². The fraction of sp³-hybridized carbons (Fsp3) is 0.167. The van der Waals surface area contributed by atoms with Crippen molar-refractivity contribution in [1.82, 2.24) is 0 Å². The molecule has 1 heterocycles. The Morgan fingerprint density at radius 1 is 1.07 bits per heavy atom. The van der Waals surface area contributed by atoms with Crippen molar-refractivity contribution in [2.75, 3.05) is 0 Å². The molecule has 2 nitrogen and oxygen atoms in total. The van der Waals surface area contributed by atoms with E-state index in [1.807, 2.05) is 49.4 Å². The van der Waals surface area contributed by atoms with Gasteiger partial charge in [-0.2, -0.15) is 0 Å². The van der Waals surface area contributed by atoms with Crippen LogP contribution in [0, 0.1) is 0 Å². The molecule has 14 heavy (non-hydrogen) atoms. The van der Waals surface area contributed by atoms with Crippen LogP contribution in [0.5, 0.6) is 0 Å². The molecule has 0 fully saturated rings. The normalized spacial score (nSPS) is 15.0. The Kier molecular flexibility index (Phi) is 2.14. The molecular formula is C12H13NO. The average Bonchev–Trinajstić information content (AvgIpc) is 2.72. The molecule has 2 rings (SSSR count). The molecule has 72 valence electrons. The lowest BCUT2D eigenvalue weighted by Gasteiger charge is -2.22. The summed E-state index contributed by atoms with van der Waals surface area (Å²) in [6.07, 6.45) is 1.64. The van der Waals surface area contributed by atoms with Crippen LogP contribution in [0.1, 0.15) is 18.2 Å². The molecular weight excluding hydrogens is 174 g/mol. The van der Waals surface area contributed by atoms with E-state index in [0.29, 0.717) is 0 Å². The zero-order chi connectivity index (χ0) is 10.0. The quantitative estimate of drug-likeness (QED) is 0.784. The van der Waals surface area contributed by atoms with E-state index in [0.717, 1.165) is 11.3 Å². The van der Waals surface area contributed by atoms with Crippen LogP contribution < -0.4 is 5.73 Å². The molecule has 2 aromatic rings. The van der Waals surface area contributed by atoms with E-state index in [-0.39, 0.29) is 0 Å². The molecule has 0 amide bonds. The number of furan rings is 1. The largest absolute Gasteiger partial charge is 0.467 e. The summed E-state index contributed by atoms with van der Waals surface area (Å²) in [5, 5.41) is 0. The van der Waals surface area contributed by atoms with Gasteiger partial charge in [-0.05, 0) is 24.6 Å². The van der Waals surface area contributed by atoms with Gasteiger partial charge in [0.05, 0.1) is 11.8 Å². The van der Waals surface area contributed by atoms with Crippen LogP contribution in [0.15, 0.2) is 53.1 Å². The maximum absolute atomic E-state index is 6.21. The van der Waals surface area contributed by atoms with E-state index < -0.39 is 5.54 Å². The van der Waals surface area contributed by atoms with Crippen molar-refractivity contribution in [3.8, 4) is 0 Å². The standard InChI is InChI=1S/C12H13NO/c1-12(13,11-8-5-9-14-11)10-6-3-2-4-7-10/h2-9H,13H2,1H3. The summed E-state index contributed by atoms with van der Waals surface area (Å²) in [6.45, 7) is 1.95. The molecule has 1 unspecified atom stereocenters. The second kappa shape index (κ2) is 3.31. The Balaban J connectivity index is 2.43. The Morgan fingerprint density at radius 2 is 1.79 bits per heavy atom. The van der Waals surface area contributed by atoms with Crippen LogP contribution in [0.4, 0.5) is 0 Å². The van der Waals surface area contributed by atoms with E-state index in [2.05, 4.69) is 0 Å². The third kappa shape index (κ3) is 1.44. The van der Waals surface area contributed by atoms with Crippen molar-refractivity contribution in [3.63, 3.8) is 0 Å². The maximum Gasteiger partial charge on any atom is 0.127 e. The van der Waals surface area contributed by atoms with Gasteiger partial charge in [0.2, 0.25) is 0 Å². The first-order chi connectivity index (χ1) is 6.71. The third-order valence-corrected chi connectivity index (χ3v) is 2.41. The molecule has 0 radical (unpaired) electrons. The lowest BCUT2D eigenvalue weighted by atomic mass is 9.91. The lowest BCUT2D eigenvalue weighted by Crippen LogP contribution is -2.33. The van der Waals surface area contributed by atoms with Gasteiger partial charge >= 0.3 is 0 Å². The van der Waals surface area contributed by atoms with Gasteiger partial charge in [-0.3, -0.25) is 0 Å². The first kappa shape index (κ1) is 9.03. The Morgan fingerprint density at radius 3 is 2.36 bits per heavy atom. The summed E-state index contributed by atoms with van der Waals surface area (Å²) in [5.41, 5.74) is 6.71. The Hall–Kier alpha value is -1.54. The molecule has 0 bridgehead atoms. The van der Waals surface area contributed by atoms with Gasteiger partial charge in [-0.1, -0.05) is 30.3 Å². The lowest BCUT2D eigenvalue weighted by molar-refractivity contribution is 0.416. The number of nitrogens with two attached hydrogens (primary N) is 1. The van der Waals surface area contributed by atoms with E-state index in [9.17, 15) is 0 Å². The van der Waals surface area contributed by atoms with Crippen molar-refractivity contribution >= 4 is 0 Å². The first-order valence-corrected chi connectivity index (χ1v) is 4.59. The summed E-state index contributed by atoms with van der Waals surface area (Å²) < 4.78 is 5.33. The van der Waals surface area contributed by atoms with Gasteiger partial charge in [0.25, 0.3) is 0 Å². The van der Waals surface area contributed by atoms with E-state index in [1.54, 1.807) is 6.26 Å². The van der Waals surface area contributed by atoms with Crippen molar-refractivity contribution in [1.29, 1.82) is 0 Å². The van der Waals surface area contributed by atoms with Crippen molar-refractivity contribution in [2.24, 2.45) is 5.73 Å². The predicted molar refractivity (Wildman–Crippen MR) is 55.8 cm³/mol. The van der Waals surface area contributed by atoms with Crippen LogP contribution >= 0.6 is 0 Å². The maximum atomic E-state index is 6.21. The van der Waals surface area contributed by atoms with E-state index in [4.69, 9.17) is 10.2 Å². The highest BCUT2D eigenvalue weighted by Crippen LogP contribution is 2.26. The molecule has 1 aromatic carbocycles. The van der Waals surface area contributed by atoms with Crippen LogP contribution in [0.25, 0.3) is 0 Å². The van der Waals surface area contributed by atoms with Crippen LogP contribution in [0.2, 0.25) is 0 Å². The number of benzene rings is 1. The molecule has 2 heteroatoms. The summed E-state index contributed by atoms with van der Waals surface area (Å²) in [4.78, 5) is 0. The first-order valence-electron chi connectivity index (χ1n) is 4.59. The van der Waals surface area contributed by atoms with Gasteiger partial charge in [0, 0.05) is 0 Å². The summed E-state index contributed by atoms with van der Waals surface area (Å²) in [7, 11) is 0. The molecule has 0 aliphatic heterocycles. The highest BCUT2D eigenvalue weighted by molar-refractivity contribution is 5.31. The smallest absolute Gasteiger partial charge is 0.127 e. The fourth-order valence-corrected chi connectivity index (χ4v) is 1.50. The fourth-order valence-electron chi connectivity index (χ4n) is 1.50. The molecule has 0 saturated heterocycles. The summed E-state index contributed by atoms with van der Waals surface area (Å²) in [6, 6.07) is 13.7.